The largest absolute Gasteiger partial charge is 0.478 e. The predicted octanol–water partition coefficient (Wildman–Crippen LogP) is -1.20. The number of sulfonamides is 1. The SMILES string of the molecule is Cc1[nH]nc(S(=O)(=O)N2CCOCC2CO)c1C(=O)O. The number of nitrogens with one attached hydrogen (secondary N) is 1. The normalized spacial score (nSPS) is 21.0. The number of aliphatic hydroxyl groups excluding tert-OH is 1. The van der Waals surface area contributed by atoms with Crippen molar-refractivity contribution in [1.82, 2.24) is 14.5 Å². The highest BCUT2D eigenvalue weighted by molar-refractivity contribution is 7.89. The highest BCUT2D eigenvalue weighted by Crippen LogP contribution is 2.23. The van der Waals surface area contributed by atoms with E-state index in [1.165, 1.54) is 6.92 Å². The molecule has 1 aromatic heterocycles. The summed E-state index contributed by atoms with van der Waals surface area (Å²) in [7, 11) is -4.11. The molecule has 20 heavy (non-hydrogen) atoms. The average molecular weight is 305 g/mol. The second kappa shape index (κ2) is 5.48. The van der Waals surface area contributed by atoms with Gasteiger partial charge in [-0.2, -0.15) is 9.40 Å². The number of morpholine rings is 1. The van der Waals surface area contributed by atoms with Gasteiger partial charge in [0.05, 0.1) is 25.9 Å². The molecule has 112 valence electrons. The van der Waals surface area contributed by atoms with Gasteiger partial charge in [-0.15, -0.1) is 0 Å². The Morgan fingerprint density at radius 3 is 2.90 bits per heavy atom. The first-order valence-electron chi connectivity index (χ1n) is 5.88. The van der Waals surface area contributed by atoms with Gasteiger partial charge in [-0.3, -0.25) is 5.10 Å². The summed E-state index contributed by atoms with van der Waals surface area (Å²) in [6.07, 6.45) is 0. The lowest BCUT2D eigenvalue weighted by Crippen LogP contribution is -2.50. The molecule has 2 heterocycles. The molecule has 0 amide bonds. The smallest absolute Gasteiger partial charge is 0.340 e. The molecule has 1 saturated heterocycles. The average Bonchev–Trinajstić information content (AvgIpc) is 2.81. The Morgan fingerprint density at radius 2 is 2.30 bits per heavy atom. The van der Waals surface area contributed by atoms with E-state index in [9.17, 15) is 18.3 Å². The van der Waals surface area contributed by atoms with Crippen molar-refractivity contribution in [2.45, 2.75) is 18.0 Å². The molecule has 0 aromatic carbocycles. The molecule has 0 spiro atoms. The van der Waals surface area contributed by atoms with Crippen LogP contribution in [0.5, 0.6) is 0 Å². The number of H-pyrrole nitrogens is 1. The first kappa shape index (κ1) is 14.9. The van der Waals surface area contributed by atoms with Crippen LogP contribution in [0.3, 0.4) is 0 Å². The van der Waals surface area contributed by atoms with Gasteiger partial charge >= 0.3 is 5.97 Å². The summed E-state index contributed by atoms with van der Waals surface area (Å²) in [5, 5.41) is 23.7. The minimum Gasteiger partial charge on any atom is -0.478 e. The standard InChI is InChI=1S/C10H15N3O6S/c1-6-8(10(15)16)9(12-11-6)20(17,18)13-2-3-19-5-7(13)4-14/h7,14H,2-5H2,1H3,(H,11,12)(H,15,16). The molecule has 0 bridgehead atoms. The molecular formula is C10H15N3O6S. The number of aromatic carboxylic acids is 1. The Morgan fingerprint density at radius 1 is 1.60 bits per heavy atom. The Kier molecular flexibility index (Phi) is 4.09. The molecule has 1 aliphatic rings. The summed E-state index contributed by atoms with van der Waals surface area (Å²) in [4.78, 5) is 11.2. The first-order chi connectivity index (χ1) is 9.39. The zero-order chi connectivity index (χ0) is 14.9. The van der Waals surface area contributed by atoms with Gasteiger partial charge in [-0.25, -0.2) is 13.2 Å². The molecule has 9 nitrogen and oxygen atoms in total. The number of ether oxygens (including phenoxy) is 1. The minimum atomic E-state index is -4.11. The number of carboxylic acids is 1. The summed E-state index contributed by atoms with van der Waals surface area (Å²) in [5.41, 5.74) is -0.224. The molecular weight excluding hydrogens is 290 g/mol. The van der Waals surface area contributed by atoms with Gasteiger partial charge in [-0.1, -0.05) is 0 Å². The highest BCUT2D eigenvalue weighted by Gasteiger charge is 2.38. The van der Waals surface area contributed by atoms with Crippen molar-refractivity contribution in [2.75, 3.05) is 26.4 Å². The number of aromatic nitrogens is 2. The van der Waals surface area contributed by atoms with E-state index >= 15 is 0 Å². The lowest BCUT2D eigenvalue weighted by atomic mass is 10.3. The third-order valence-corrected chi connectivity index (χ3v) is 4.95. The molecule has 1 aromatic rings. The van der Waals surface area contributed by atoms with Crippen LogP contribution in [0.1, 0.15) is 16.1 Å². The fourth-order valence-electron chi connectivity index (χ4n) is 2.06. The Hall–Kier alpha value is -1.49. The second-order valence-corrected chi connectivity index (χ2v) is 6.17. The molecule has 10 heteroatoms. The number of aromatic amines is 1. The fourth-order valence-corrected chi connectivity index (χ4v) is 3.77. The maximum absolute atomic E-state index is 12.5. The van der Waals surface area contributed by atoms with E-state index in [2.05, 4.69) is 10.2 Å². The number of nitrogens with zero attached hydrogens (tertiary/aromatic N) is 2. The Balaban J connectivity index is 2.47. The highest BCUT2D eigenvalue weighted by atomic mass is 32.2. The zero-order valence-electron chi connectivity index (χ0n) is 10.7. The molecule has 0 radical (unpaired) electrons. The van der Waals surface area contributed by atoms with E-state index in [1.807, 2.05) is 0 Å². The van der Waals surface area contributed by atoms with E-state index in [0.29, 0.717) is 0 Å². The van der Waals surface area contributed by atoms with Crippen LogP contribution in [-0.4, -0.2) is 71.5 Å². The van der Waals surface area contributed by atoms with Crippen molar-refractivity contribution in [2.24, 2.45) is 0 Å². The molecule has 1 atom stereocenters. The van der Waals surface area contributed by atoms with Gasteiger partial charge in [0.2, 0.25) is 5.03 Å². The van der Waals surface area contributed by atoms with Gasteiger partial charge in [0.1, 0.15) is 5.56 Å². The lowest BCUT2D eigenvalue weighted by Gasteiger charge is -2.32. The Bertz CT molecular complexity index is 611. The van der Waals surface area contributed by atoms with Crippen molar-refractivity contribution in [1.29, 1.82) is 0 Å². The van der Waals surface area contributed by atoms with Crippen LogP contribution in [0.4, 0.5) is 0 Å². The van der Waals surface area contributed by atoms with E-state index in [0.717, 1.165) is 4.31 Å². The Labute approximate surface area is 115 Å². The first-order valence-corrected chi connectivity index (χ1v) is 7.32. The van der Waals surface area contributed by atoms with E-state index < -0.39 is 33.7 Å². The molecule has 2 rings (SSSR count). The van der Waals surface area contributed by atoms with Crippen LogP contribution in [0, 0.1) is 6.92 Å². The second-order valence-electron chi connectivity index (χ2n) is 4.36. The van der Waals surface area contributed by atoms with Crippen molar-refractivity contribution in [3.8, 4) is 0 Å². The van der Waals surface area contributed by atoms with Crippen LogP contribution < -0.4 is 0 Å². The monoisotopic (exact) mass is 305 g/mol. The molecule has 0 saturated carbocycles. The number of rotatable bonds is 4. The van der Waals surface area contributed by atoms with Gasteiger partial charge in [0.15, 0.2) is 0 Å². The van der Waals surface area contributed by atoms with Crippen LogP contribution >= 0.6 is 0 Å². The minimum absolute atomic E-state index is 0.0402. The van der Waals surface area contributed by atoms with Crippen molar-refractivity contribution in [3.05, 3.63) is 11.3 Å². The fraction of sp³-hybridized carbons (Fsp3) is 0.600. The van der Waals surface area contributed by atoms with E-state index in [-0.39, 0.29) is 31.0 Å². The molecule has 1 unspecified atom stereocenters. The van der Waals surface area contributed by atoms with Gasteiger partial charge in [0.25, 0.3) is 10.0 Å². The number of hydrogen-bond donors (Lipinski definition) is 3. The van der Waals surface area contributed by atoms with E-state index in [4.69, 9.17) is 9.84 Å². The zero-order valence-corrected chi connectivity index (χ0v) is 11.6. The number of hydrogen-bond acceptors (Lipinski definition) is 6. The van der Waals surface area contributed by atoms with Gasteiger partial charge in [0, 0.05) is 12.2 Å². The van der Waals surface area contributed by atoms with Gasteiger partial charge < -0.3 is 14.9 Å². The van der Waals surface area contributed by atoms with Crippen LogP contribution in [0.15, 0.2) is 5.03 Å². The third kappa shape index (κ3) is 2.42. The molecule has 3 N–H and O–H groups in total. The summed E-state index contributed by atoms with van der Waals surface area (Å²) in [6, 6.07) is -0.743. The van der Waals surface area contributed by atoms with E-state index in [1.54, 1.807) is 0 Å². The van der Waals surface area contributed by atoms with Gasteiger partial charge in [-0.05, 0) is 6.92 Å². The number of aryl methyl sites for hydroxylation is 1. The molecule has 0 aliphatic carbocycles. The quantitative estimate of drug-likeness (QED) is 0.636. The molecule has 1 aliphatic heterocycles. The van der Waals surface area contributed by atoms with Crippen LogP contribution in [0.25, 0.3) is 0 Å². The number of carbonyl (C=O) groups is 1. The van der Waals surface area contributed by atoms with Crippen molar-refractivity contribution in [3.63, 3.8) is 0 Å². The lowest BCUT2D eigenvalue weighted by molar-refractivity contribution is 0.0108. The number of aliphatic hydroxyl groups is 1. The third-order valence-electron chi connectivity index (χ3n) is 3.07. The summed E-state index contributed by atoms with van der Waals surface area (Å²) >= 11 is 0. The summed E-state index contributed by atoms with van der Waals surface area (Å²) < 4.78 is 31.1. The van der Waals surface area contributed by atoms with Crippen molar-refractivity contribution >= 4 is 16.0 Å². The van der Waals surface area contributed by atoms with Crippen LogP contribution in [-0.2, 0) is 14.8 Å². The summed E-state index contributed by atoms with van der Waals surface area (Å²) in [6.45, 7) is 1.30. The topological polar surface area (TPSA) is 133 Å². The van der Waals surface area contributed by atoms with Crippen LogP contribution in [0.2, 0.25) is 0 Å². The molecule has 1 fully saturated rings. The summed E-state index contributed by atoms with van der Waals surface area (Å²) in [5.74, 6) is -1.37. The number of carboxylic acid groups (broad SMARTS) is 1. The maximum atomic E-state index is 12.5. The van der Waals surface area contributed by atoms with Crippen molar-refractivity contribution < 1.29 is 28.2 Å². The predicted molar refractivity (Wildman–Crippen MR) is 65.9 cm³/mol. The maximum Gasteiger partial charge on any atom is 0.340 e.